The van der Waals surface area contributed by atoms with Gasteiger partial charge in [0.2, 0.25) is 5.91 Å². The van der Waals surface area contributed by atoms with Crippen molar-refractivity contribution < 1.29 is 14.4 Å². The molecule has 2 aromatic rings. The molecular formula is C22H23N3O3. The molecule has 1 saturated heterocycles. The van der Waals surface area contributed by atoms with Crippen LogP contribution in [0.4, 0.5) is 10.5 Å². The number of carbonyl (C=O) groups excluding carboxylic acids is 3. The first-order valence-electron chi connectivity index (χ1n) is 9.51. The standard InChI is InChI=1S/C22H23N3O3/c1-14-7-5-8-15(2)19(14)23-18(26)13-25-20(27)22(24-21(25)28)12-6-10-16-9-3-4-11-17(16)22/h3-5,7-9,11H,6,10,12-13H2,1-2H3,(H,23,26)(H,24,28). The van der Waals surface area contributed by atoms with Gasteiger partial charge >= 0.3 is 6.03 Å². The maximum atomic E-state index is 13.2. The monoisotopic (exact) mass is 377 g/mol. The van der Waals surface area contributed by atoms with Gasteiger partial charge in [-0.15, -0.1) is 0 Å². The molecule has 1 aliphatic heterocycles. The fourth-order valence-corrected chi connectivity index (χ4v) is 4.29. The zero-order valence-electron chi connectivity index (χ0n) is 16.0. The van der Waals surface area contributed by atoms with Gasteiger partial charge in [0.25, 0.3) is 5.91 Å². The third-order valence-electron chi connectivity index (χ3n) is 5.70. The lowest BCUT2D eigenvalue weighted by molar-refractivity contribution is -0.134. The van der Waals surface area contributed by atoms with Gasteiger partial charge in [0.1, 0.15) is 12.1 Å². The number of para-hydroxylation sites is 1. The maximum Gasteiger partial charge on any atom is 0.325 e. The fourth-order valence-electron chi connectivity index (χ4n) is 4.29. The summed E-state index contributed by atoms with van der Waals surface area (Å²) in [4.78, 5) is 39.5. The Morgan fingerprint density at radius 1 is 1.11 bits per heavy atom. The maximum absolute atomic E-state index is 13.2. The van der Waals surface area contributed by atoms with Crippen LogP contribution in [0, 0.1) is 13.8 Å². The molecule has 1 aliphatic carbocycles. The van der Waals surface area contributed by atoms with Crippen LogP contribution >= 0.6 is 0 Å². The molecule has 4 amide bonds. The lowest BCUT2D eigenvalue weighted by Crippen LogP contribution is -2.47. The van der Waals surface area contributed by atoms with Crippen LogP contribution in [0.3, 0.4) is 0 Å². The van der Waals surface area contributed by atoms with E-state index in [4.69, 9.17) is 0 Å². The summed E-state index contributed by atoms with van der Waals surface area (Å²) in [6.45, 7) is 3.51. The molecule has 1 unspecified atom stereocenters. The predicted octanol–water partition coefficient (Wildman–Crippen LogP) is 3.03. The quantitative estimate of drug-likeness (QED) is 0.807. The molecule has 1 spiro atoms. The van der Waals surface area contributed by atoms with E-state index in [2.05, 4.69) is 10.6 Å². The van der Waals surface area contributed by atoms with Gasteiger partial charge in [0.15, 0.2) is 0 Å². The van der Waals surface area contributed by atoms with Crippen molar-refractivity contribution in [2.24, 2.45) is 0 Å². The second-order valence-electron chi connectivity index (χ2n) is 7.55. The van der Waals surface area contributed by atoms with E-state index in [1.165, 1.54) is 0 Å². The molecule has 2 aliphatic rings. The number of imide groups is 1. The van der Waals surface area contributed by atoms with E-state index in [0.717, 1.165) is 45.7 Å². The average Bonchev–Trinajstić information content (AvgIpc) is 2.90. The van der Waals surface area contributed by atoms with E-state index in [9.17, 15) is 14.4 Å². The van der Waals surface area contributed by atoms with Gasteiger partial charge in [0, 0.05) is 5.69 Å². The van der Waals surface area contributed by atoms with E-state index < -0.39 is 11.6 Å². The molecule has 0 bridgehead atoms. The number of rotatable bonds is 3. The van der Waals surface area contributed by atoms with Crippen LogP contribution in [-0.4, -0.2) is 29.3 Å². The molecule has 144 valence electrons. The van der Waals surface area contributed by atoms with Gasteiger partial charge in [-0.3, -0.25) is 14.5 Å². The minimum absolute atomic E-state index is 0.303. The van der Waals surface area contributed by atoms with E-state index in [1.807, 2.05) is 56.3 Å². The topological polar surface area (TPSA) is 78.5 Å². The Bertz CT molecular complexity index is 964. The number of carbonyl (C=O) groups is 3. The van der Waals surface area contributed by atoms with Crippen molar-refractivity contribution in [2.45, 2.75) is 38.6 Å². The van der Waals surface area contributed by atoms with Gasteiger partial charge in [-0.1, -0.05) is 42.5 Å². The highest BCUT2D eigenvalue weighted by Crippen LogP contribution is 2.39. The van der Waals surface area contributed by atoms with Crippen LogP contribution in [-0.2, 0) is 21.5 Å². The van der Waals surface area contributed by atoms with Crippen LogP contribution < -0.4 is 10.6 Å². The van der Waals surface area contributed by atoms with Crippen LogP contribution in [0.25, 0.3) is 0 Å². The highest BCUT2D eigenvalue weighted by Gasteiger charge is 2.54. The Labute approximate surface area is 163 Å². The highest BCUT2D eigenvalue weighted by molar-refractivity contribution is 6.10. The number of aryl methyl sites for hydroxylation is 3. The summed E-state index contributed by atoms with van der Waals surface area (Å²) in [5.74, 6) is -0.733. The fraction of sp³-hybridized carbons (Fsp3) is 0.318. The van der Waals surface area contributed by atoms with Crippen molar-refractivity contribution in [1.82, 2.24) is 10.2 Å². The van der Waals surface area contributed by atoms with Gasteiger partial charge in [-0.05, 0) is 55.4 Å². The first-order chi connectivity index (χ1) is 13.4. The number of urea groups is 1. The summed E-state index contributed by atoms with van der Waals surface area (Å²) in [7, 11) is 0. The lowest BCUT2D eigenvalue weighted by Gasteiger charge is -2.33. The minimum Gasteiger partial charge on any atom is -0.324 e. The first kappa shape index (κ1) is 18.2. The molecule has 0 saturated carbocycles. The molecule has 1 heterocycles. The summed E-state index contributed by atoms with van der Waals surface area (Å²) in [5.41, 5.74) is 3.45. The van der Waals surface area contributed by atoms with E-state index >= 15 is 0 Å². The number of hydrogen-bond acceptors (Lipinski definition) is 3. The van der Waals surface area contributed by atoms with Crippen molar-refractivity contribution in [3.63, 3.8) is 0 Å². The second-order valence-corrected chi connectivity index (χ2v) is 7.55. The number of amides is 4. The van der Waals surface area contributed by atoms with Crippen molar-refractivity contribution in [2.75, 3.05) is 11.9 Å². The third-order valence-corrected chi connectivity index (χ3v) is 5.70. The Kier molecular flexibility index (Phi) is 4.41. The van der Waals surface area contributed by atoms with Crippen molar-refractivity contribution in [3.8, 4) is 0 Å². The second kappa shape index (κ2) is 6.78. The molecule has 0 aromatic heterocycles. The largest absolute Gasteiger partial charge is 0.325 e. The molecule has 2 N–H and O–H groups in total. The summed E-state index contributed by atoms with van der Waals surface area (Å²) in [6.07, 6.45) is 2.24. The van der Waals surface area contributed by atoms with E-state index in [0.29, 0.717) is 6.42 Å². The SMILES string of the molecule is Cc1cccc(C)c1NC(=O)CN1C(=O)NC2(CCCc3ccccc32)C1=O. The Balaban J connectivity index is 1.57. The molecule has 28 heavy (non-hydrogen) atoms. The highest BCUT2D eigenvalue weighted by atomic mass is 16.2. The summed E-state index contributed by atoms with van der Waals surface area (Å²) in [6, 6.07) is 12.9. The lowest BCUT2D eigenvalue weighted by atomic mass is 9.76. The van der Waals surface area contributed by atoms with Crippen molar-refractivity contribution in [1.29, 1.82) is 0 Å². The van der Waals surface area contributed by atoms with Crippen LogP contribution in [0.2, 0.25) is 0 Å². The molecule has 6 heteroatoms. The molecule has 4 rings (SSSR count). The van der Waals surface area contributed by atoms with Crippen molar-refractivity contribution >= 4 is 23.5 Å². The molecule has 1 atom stereocenters. The number of hydrogen-bond donors (Lipinski definition) is 2. The molecule has 0 radical (unpaired) electrons. The number of fused-ring (bicyclic) bond motifs is 2. The van der Waals surface area contributed by atoms with Crippen molar-refractivity contribution in [3.05, 3.63) is 64.7 Å². The zero-order chi connectivity index (χ0) is 19.9. The summed E-state index contributed by atoms with van der Waals surface area (Å²) < 4.78 is 0. The van der Waals surface area contributed by atoms with Gasteiger partial charge in [-0.25, -0.2) is 4.79 Å². The number of anilines is 1. The predicted molar refractivity (Wildman–Crippen MR) is 106 cm³/mol. The Morgan fingerprint density at radius 2 is 1.82 bits per heavy atom. The van der Waals surface area contributed by atoms with Gasteiger partial charge < -0.3 is 10.6 Å². The number of benzene rings is 2. The Hall–Kier alpha value is -3.15. The van der Waals surface area contributed by atoms with E-state index in [1.54, 1.807) is 0 Å². The molecular weight excluding hydrogens is 354 g/mol. The smallest absolute Gasteiger partial charge is 0.324 e. The normalized spacial score (nSPS) is 20.9. The van der Waals surface area contributed by atoms with Crippen LogP contribution in [0.15, 0.2) is 42.5 Å². The summed E-state index contributed by atoms with van der Waals surface area (Å²) >= 11 is 0. The summed E-state index contributed by atoms with van der Waals surface area (Å²) in [5, 5.41) is 5.72. The van der Waals surface area contributed by atoms with Crippen LogP contribution in [0.1, 0.15) is 35.1 Å². The van der Waals surface area contributed by atoms with E-state index in [-0.39, 0.29) is 18.4 Å². The molecule has 2 aromatic carbocycles. The number of nitrogens with one attached hydrogen (secondary N) is 2. The average molecular weight is 377 g/mol. The van der Waals surface area contributed by atoms with Gasteiger partial charge in [0.05, 0.1) is 0 Å². The molecule has 6 nitrogen and oxygen atoms in total. The van der Waals surface area contributed by atoms with Gasteiger partial charge in [-0.2, -0.15) is 0 Å². The minimum atomic E-state index is -1.05. The zero-order valence-corrected chi connectivity index (χ0v) is 16.0. The third kappa shape index (κ3) is 2.85. The molecule has 1 fully saturated rings. The number of nitrogens with zero attached hydrogens (tertiary/aromatic N) is 1. The van der Waals surface area contributed by atoms with Crippen LogP contribution in [0.5, 0.6) is 0 Å². The Morgan fingerprint density at radius 3 is 2.57 bits per heavy atom. The first-order valence-corrected chi connectivity index (χ1v) is 9.51.